The minimum absolute atomic E-state index is 0. The van der Waals surface area contributed by atoms with Crippen molar-refractivity contribution in [1.82, 2.24) is 10.2 Å². The van der Waals surface area contributed by atoms with E-state index in [1.807, 2.05) is 6.07 Å². The molecule has 1 heterocycles. The van der Waals surface area contributed by atoms with Crippen LogP contribution in [0.5, 0.6) is 5.75 Å². The van der Waals surface area contributed by atoms with E-state index in [-0.39, 0.29) is 12.4 Å². The average Bonchev–Trinajstić information content (AvgIpc) is 2.85. The van der Waals surface area contributed by atoms with Gasteiger partial charge >= 0.3 is 0 Å². The monoisotopic (exact) mass is 324 g/mol. The van der Waals surface area contributed by atoms with Crippen LogP contribution in [0.2, 0.25) is 10.0 Å². The molecule has 1 aliphatic rings. The number of hydrogen-bond acceptors (Lipinski definition) is 3. The summed E-state index contributed by atoms with van der Waals surface area (Å²) >= 11 is 11.9. The highest BCUT2D eigenvalue weighted by Crippen LogP contribution is 2.27. The molecule has 1 unspecified atom stereocenters. The van der Waals surface area contributed by atoms with E-state index in [9.17, 15) is 0 Å². The highest BCUT2D eigenvalue weighted by atomic mass is 35.5. The van der Waals surface area contributed by atoms with Crippen molar-refractivity contribution in [3.05, 3.63) is 28.2 Å². The average molecular weight is 326 g/mol. The van der Waals surface area contributed by atoms with Gasteiger partial charge in [0.25, 0.3) is 0 Å². The molecule has 0 radical (unpaired) electrons. The summed E-state index contributed by atoms with van der Waals surface area (Å²) in [5, 5.41) is 4.55. The summed E-state index contributed by atoms with van der Waals surface area (Å²) in [6, 6.07) is 5.91. The van der Waals surface area contributed by atoms with Gasteiger partial charge in [0.15, 0.2) is 0 Å². The first-order valence-electron chi connectivity index (χ1n) is 6.15. The molecule has 0 amide bonds. The lowest BCUT2D eigenvalue weighted by atomic mass is 10.2. The lowest BCUT2D eigenvalue weighted by Crippen LogP contribution is -2.36. The van der Waals surface area contributed by atoms with Crippen LogP contribution in [0.25, 0.3) is 0 Å². The Morgan fingerprint density at radius 3 is 2.84 bits per heavy atom. The predicted octanol–water partition coefficient (Wildman–Crippen LogP) is 3.09. The number of likely N-dealkylation sites (N-methyl/N-ethyl adjacent to an activating group) is 1. The first kappa shape index (κ1) is 16.9. The Bertz CT molecular complexity index is 397. The first-order valence-corrected chi connectivity index (χ1v) is 6.91. The number of benzene rings is 1. The van der Waals surface area contributed by atoms with E-state index in [1.54, 1.807) is 12.1 Å². The molecule has 3 nitrogen and oxygen atoms in total. The smallest absolute Gasteiger partial charge is 0.138 e. The zero-order valence-electron chi connectivity index (χ0n) is 10.9. The maximum absolute atomic E-state index is 6.04. The molecule has 1 atom stereocenters. The van der Waals surface area contributed by atoms with Crippen LogP contribution in [0.4, 0.5) is 0 Å². The molecule has 0 saturated carbocycles. The van der Waals surface area contributed by atoms with E-state index >= 15 is 0 Å². The van der Waals surface area contributed by atoms with E-state index in [4.69, 9.17) is 27.9 Å². The molecule has 19 heavy (non-hydrogen) atoms. The minimum atomic E-state index is 0. The second-order valence-corrected chi connectivity index (χ2v) is 5.39. The molecule has 1 saturated heterocycles. The quantitative estimate of drug-likeness (QED) is 0.900. The Hall–Kier alpha value is -0.190. The van der Waals surface area contributed by atoms with Crippen molar-refractivity contribution in [2.45, 2.75) is 12.5 Å². The molecule has 1 aliphatic heterocycles. The molecular formula is C13H19Cl3N2O. The summed E-state index contributed by atoms with van der Waals surface area (Å²) in [6.45, 7) is 3.71. The fraction of sp³-hybridized carbons (Fsp3) is 0.538. The summed E-state index contributed by atoms with van der Waals surface area (Å²) in [5.74, 6) is 0.694. The molecule has 6 heteroatoms. The van der Waals surface area contributed by atoms with Gasteiger partial charge in [-0.2, -0.15) is 0 Å². The molecule has 0 aliphatic carbocycles. The molecule has 2 rings (SSSR count). The van der Waals surface area contributed by atoms with Crippen molar-refractivity contribution in [2.24, 2.45) is 0 Å². The molecule has 0 spiro atoms. The van der Waals surface area contributed by atoms with E-state index in [2.05, 4.69) is 17.3 Å². The Labute approximate surface area is 130 Å². The van der Waals surface area contributed by atoms with Crippen LogP contribution >= 0.6 is 35.6 Å². The van der Waals surface area contributed by atoms with Gasteiger partial charge in [-0.05, 0) is 38.2 Å². The van der Waals surface area contributed by atoms with Crippen LogP contribution in [-0.2, 0) is 0 Å². The van der Waals surface area contributed by atoms with Gasteiger partial charge in [0, 0.05) is 24.2 Å². The maximum atomic E-state index is 6.04. The third-order valence-electron chi connectivity index (χ3n) is 3.25. The molecule has 1 fully saturated rings. The second-order valence-electron chi connectivity index (χ2n) is 4.55. The maximum Gasteiger partial charge on any atom is 0.138 e. The second kappa shape index (κ2) is 8.18. The topological polar surface area (TPSA) is 24.5 Å². The van der Waals surface area contributed by atoms with Gasteiger partial charge < -0.3 is 10.1 Å². The molecular weight excluding hydrogens is 307 g/mol. The van der Waals surface area contributed by atoms with Gasteiger partial charge in [-0.3, -0.25) is 4.90 Å². The molecule has 1 aromatic rings. The number of nitrogens with zero attached hydrogens (tertiary/aromatic N) is 1. The lowest BCUT2D eigenvalue weighted by Gasteiger charge is -2.23. The third kappa shape index (κ3) is 5.01. The van der Waals surface area contributed by atoms with Gasteiger partial charge in [-0.25, -0.2) is 0 Å². The fourth-order valence-corrected chi connectivity index (χ4v) is 2.55. The number of ether oxygens (including phenoxy) is 1. The summed E-state index contributed by atoms with van der Waals surface area (Å²) in [6.07, 6.45) is 1.21. The number of nitrogens with one attached hydrogen (secondary N) is 1. The van der Waals surface area contributed by atoms with Gasteiger partial charge in [-0.1, -0.05) is 23.2 Å². The van der Waals surface area contributed by atoms with Gasteiger partial charge in [0.1, 0.15) is 12.4 Å². The normalized spacial score (nSPS) is 18.4. The number of rotatable bonds is 5. The standard InChI is InChI=1S/C13H18Cl2N2O.ClH/c1-17(11-4-5-16-9-11)6-7-18-13-3-2-10(14)8-12(13)15;/h2-3,8,11,16H,4-7,9H2,1H3;1H. The molecule has 0 bridgehead atoms. The molecule has 1 N–H and O–H groups in total. The number of halogens is 3. The van der Waals surface area contributed by atoms with Crippen LogP contribution in [0.3, 0.4) is 0 Å². The fourth-order valence-electron chi connectivity index (χ4n) is 2.09. The summed E-state index contributed by atoms with van der Waals surface area (Å²) in [4.78, 5) is 2.32. The third-order valence-corrected chi connectivity index (χ3v) is 3.78. The highest BCUT2D eigenvalue weighted by Gasteiger charge is 2.18. The Balaban J connectivity index is 0.00000180. The summed E-state index contributed by atoms with van der Waals surface area (Å²) < 4.78 is 5.67. The minimum Gasteiger partial charge on any atom is -0.491 e. The lowest BCUT2D eigenvalue weighted by molar-refractivity contribution is 0.199. The van der Waals surface area contributed by atoms with Crippen molar-refractivity contribution in [1.29, 1.82) is 0 Å². The zero-order valence-corrected chi connectivity index (χ0v) is 13.2. The van der Waals surface area contributed by atoms with Gasteiger partial charge in [0.2, 0.25) is 0 Å². The summed E-state index contributed by atoms with van der Waals surface area (Å²) in [5.41, 5.74) is 0. The Morgan fingerprint density at radius 2 is 2.21 bits per heavy atom. The molecule has 1 aromatic carbocycles. The van der Waals surface area contributed by atoms with Gasteiger partial charge in [-0.15, -0.1) is 12.4 Å². The largest absolute Gasteiger partial charge is 0.491 e. The van der Waals surface area contributed by atoms with Crippen LogP contribution < -0.4 is 10.1 Å². The van der Waals surface area contributed by atoms with Crippen LogP contribution in [0, 0.1) is 0 Å². The van der Waals surface area contributed by atoms with Crippen LogP contribution in [-0.4, -0.2) is 44.2 Å². The predicted molar refractivity (Wildman–Crippen MR) is 83.1 cm³/mol. The van der Waals surface area contributed by atoms with Crippen molar-refractivity contribution in [2.75, 3.05) is 33.3 Å². The summed E-state index contributed by atoms with van der Waals surface area (Å²) in [7, 11) is 2.13. The Kier molecular flexibility index (Phi) is 7.26. The van der Waals surface area contributed by atoms with Crippen molar-refractivity contribution in [3.8, 4) is 5.75 Å². The Morgan fingerprint density at radius 1 is 1.42 bits per heavy atom. The van der Waals surface area contributed by atoms with E-state index in [0.29, 0.717) is 28.4 Å². The first-order chi connectivity index (χ1) is 8.66. The molecule has 0 aromatic heterocycles. The number of hydrogen-bond donors (Lipinski definition) is 1. The van der Waals surface area contributed by atoms with Crippen LogP contribution in [0.1, 0.15) is 6.42 Å². The van der Waals surface area contributed by atoms with Crippen LogP contribution in [0.15, 0.2) is 18.2 Å². The van der Waals surface area contributed by atoms with E-state index in [1.165, 1.54) is 6.42 Å². The van der Waals surface area contributed by atoms with Crippen molar-refractivity contribution in [3.63, 3.8) is 0 Å². The zero-order chi connectivity index (χ0) is 13.0. The van der Waals surface area contributed by atoms with Crippen molar-refractivity contribution >= 4 is 35.6 Å². The van der Waals surface area contributed by atoms with Crippen molar-refractivity contribution < 1.29 is 4.74 Å². The highest BCUT2D eigenvalue weighted by molar-refractivity contribution is 6.35. The van der Waals surface area contributed by atoms with E-state index < -0.39 is 0 Å². The molecule has 108 valence electrons. The SMILES string of the molecule is CN(CCOc1ccc(Cl)cc1Cl)C1CCNC1.Cl. The van der Waals surface area contributed by atoms with Gasteiger partial charge in [0.05, 0.1) is 5.02 Å². The van der Waals surface area contributed by atoms with E-state index in [0.717, 1.165) is 19.6 Å².